The van der Waals surface area contributed by atoms with Crippen LogP contribution in [0.15, 0.2) is 60.9 Å². The lowest BCUT2D eigenvalue weighted by atomic mass is 9.98. The zero-order valence-electron chi connectivity index (χ0n) is 10.1. The SMILES string of the molecule is O=C(O)c1cccc(-c2cccc3ccncc23)c1. The van der Waals surface area contributed by atoms with Crippen molar-refractivity contribution in [3.63, 3.8) is 0 Å². The Balaban J connectivity index is 2.24. The van der Waals surface area contributed by atoms with Crippen LogP contribution in [0.25, 0.3) is 21.9 Å². The highest BCUT2D eigenvalue weighted by Crippen LogP contribution is 2.28. The first kappa shape index (κ1) is 11.4. The van der Waals surface area contributed by atoms with Gasteiger partial charge in [-0.25, -0.2) is 4.79 Å². The molecule has 0 aliphatic carbocycles. The maximum atomic E-state index is 11.0. The summed E-state index contributed by atoms with van der Waals surface area (Å²) in [7, 11) is 0. The molecule has 3 aromatic rings. The molecular weight excluding hydrogens is 238 g/mol. The number of rotatable bonds is 2. The Morgan fingerprint density at radius 1 is 1.05 bits per heavy atom. The molecule has 0 aliphatic heterocycles. The standard InChI is InChI=1S/C16H11NO2/c18-16(19)13-5-1-4-12(9-13)14-6-2-3-11-7-8-17-10-15(11)14/h1-10H,(H,18,19). The summed E-state index contributed by atoms with van der Waals surface area (Å²) in [5.74, 6) is -0.916. The maximum absolute atomic E-state index is 11.0. The summed E-state index contributed by atoms with van der Waals surface area (Å²) >= 11 is 0. The van der Waals surface area contributed by atoms with E-state index in [-0.39, 0.29) is 0 Å². The molecule has 3 heteroatoms. The van der Waals surface area contributed by atoms with Gasteiger partial charge in [0.1, 0.15) is 0 Å². The number of carboxylic acids is 1. The number of nitrogens with zero attached hydrogens (tertiary/aromatic N) is 1. The molecule has 0 bridgehead atoms. The van der Waals surface area contributed by atoms with E-state index in [1.54, 1.807) is 30.6 Å². The van der Waals surface area contributed by atoms with Crippen LogP contribution in [0.5, 0.6) is 0 Å². The predicted molar refractivity (Wildman–Crippen MR) is 74.1 cm³/mol. The van der Waals surface area contributed by atoms with Crippen molar-refractivity contribution in [2.75, 3.05) is 0 Å². The fourth-order valence-electron chi connectivity index (χ4n) is 2.18. The first-order valence-corrected chi connectivity index (χ1v) is 5.92. The second kappa shape index (κ2) is 4.53. The molecule has 0 radical (unpaired) electrons. The van der Waals surface area contributed by atoms with Crippen molar-refractivity contribution in [3.8, 4) is 11.1 Å². The van der Waals surface area contributed by atoms with Crippen molar-refractivity contribution in [1.82, 2.24) is 4.98 Å². The normalized spacial score (nSPS) is 10.5. The third kappa shape index (κ3) is 2.06. The largest absolute Gasteiger partial charge is 0.478 e. The second-order valence-electron chi connectivity index (χ2n) is 4.29. The van der Waals surface area contributed by atoms with Gasteiger partial charge in [0.15, 0.2) is 0 Å². The minimum Gasteiger partial charge on any atom is -0.478 e. The zero-order valence-corrected chi connectivity index (χ0v) is 10.1. The zero-order chi connectivity index (χ0) is 13.2. The van der Waals surface area contributed by atoms with Crippen LogP contribution in [0.4, 0.5) is 0 Å². The molecule has 0 unspecified atom stereocenters. The Bertz CT molecular complexity index is 760. The topological polar surface area (TPSA) is 50.2 Å². The van der Waals surface area contributed by atoms with Crippen molar-refractivity contribution in [2.24, 2.45) is 0 Å². The predicted octanol–water partition coefficient (Wildman–Crippen LogP) is 3.60. The van der Waals surface area contributed by atoms with E-state index < -0.39 is 5.97 Å². The van der Waals surface area contributed by atoms with E-state index in [9.17, 15) is 4.79 Å². The van der Waals surface area contributed by atoms with Gasteiger partial charge in [-0.05, 0) is 34.7 Å². The fourth-order valence-corrected chi connectivity index (χ4v) is 2.18. The van der Waals surface area contributed by atoms with E-state index in [4.69, 9.17) is 5.11 Å². The third-order valence-corrected chi connectivity index (χ3v) is 3.10. The third-order valence-electron chi connectivity index (χ3n) is 3.10. The van der Waals surface area contributed by atoms with Crippen LogP contribution in [-0.2, 0) is 0 Å². The molecule has 3 rings (SSSR count). The van der Waals surface area contributed by atoms with Gasteiger partial charge in [-0.1, -0.05) is 30.3 Å². The van der Waals surface area contributed by atoms with E-state index in [2.05, 4.69) is 4.98 Å². The molecule has 1 aromatic heterocycles. The molecule has 19 heavy (non-hydrogen) atoms. The number of carbonyl (C=O) groups is 1. The molecule has 92 valence electrons. The summed E-state index contributed by atoms with van der Waals surface area (Å²) in [4.78, 5) is 15.2. The minimum atomic E-state index is -0.916. The minimum absolute atomic E-state index is 0.290. The lowest BCUT2D eigenvalue weighted by Gasteiger charge is -2.07. The number of carboxylic acid groups (broad SMARTS) is 1. The van der Waals surface area contributed by atoms with E-state index in [0.29, 0.717) is 5.56 Å². The van der Waals surface area contributed by atoms with Crippen LogP contribution in [0, 0.1) is 0 Å². The van der Waals surface area contributed by atoms with Crippen LogP contribution in [0.3, 0.4) is 0 Å². The van der Waals surface area contributed by atoms with Gasteiger partial charge in [-0.3, -0.25) is 4.98 Å². The highest BCUT2D eigenvalue weighted by molar-refractivity contribution is 5.97. The average molecular weight is 249 g/mol. The van der Waals surface area contributed by atoms with Crippen molar-refractivity contribution in [3.05, 3.63) is 66.5 Å². The monoisotopic (exact) mass is 249 g/mol. The first-order chi connectivity index (χ1) is 9.25. The van der Waals surface area contributed by atoms with Gasteiger partial charge in [0, 0.05) is 17.8 Å². The molecule has 0 saturated carbocycles. The summed E-state index contributed by atoms with van der Waals surface area (Å²) in [6, 6.07) is 14.8. The van der Waals surface area contributed by atoms with E-state index in [1.807, 2.05) is 30.3 Å². The molecular formula is C16H11NO2. The van der Waals surface area contributed by atoms with Crippen LogP contribution in [0.2, 0.25) is 0 Å². The number of fused-ring (bicyclic) bond motifs is 1. The number of pyridine rings is 1. The quantitative estimate of drug-likeness (QED) is 0.754. The van der Waals surface area contributed by atoms with Crippen LogP contribution in [0.1, 0.15) is 10.4 Å². The van der Waals surface area contributed by atoms with Crippen molar-refractivity contribution in [1.29, 1.82) is 0 Å². The molecule has 1 N–H and O–H groups in total. The van der Waals surface area contributed by atoms with Crippen LogP contribution in [-0.4, -0.2) is 16.1 Å². The molecule has 3 nitrogen and oxygen atoms in total. The van der Waals surface area contributed by atoms with Crippen molar-refractivity contribution in [2.45, 2.75) is 0 Å². The summed E-state index contributed by atoms with van der Waals surface area (Å²) in [5.41, 5.74) is 2.17. The molecule has 0 spiro atoms. The van der Waals surface area contributed by atoms with Gasteiger partial charge in [-0.2, -0.15) is 0 Å². The lowest BCUT2D eigenvalue weighted by Crippen LogP contribution is -1.95. The van der Waals surface area contributed by atoms with E-state index >= 15 is 0 Å². The molecule has 2 aromatic carbocycles. The Hall–Kier alpha value is -2.68. The summed E-state index contributed by atoms with van der Waals surface area (Å²) in [5, 5.41) is 11.2. The molecule has 1 heterocycles. The number of aromatic nitrogens is 1. The Labute approximate surface area is 110 Å². The van der Waals surface area contributed by atoms with Crippen molar-refractivity contribution >= 4 is 16.7 Å². The van der Waals surface area contributed by atoms with Gasteiger partial charge in [0.05, 0.1) is 5.56 Å². The summed E-state index contributed by atoms with van der Waals surface area (Å²) in [6.45, 7) is 0. The summed E-state index contributed by atoms with van der Waals surface area (Å²) in [6.07, 6.45) is 3.55. The number of hydrogen-bond donors (Lipinski definition) is 1. The second-order valence-corrected chi connectivity index (χ2v) is 4.29. The molecule has 0 amide bonds. The Kier molecular flexibility index (Phi) is 2.72. The smallest absolute Gasteiger partial charge is 0.335 e. The van der Waals surface area contributed by atoms with Gasteiger partial charge in [-0.15, -0.1) is 0 Å². The molecule has 0 aliphatic rings. The highest BCUT2D eigenvalue weighted by Gasteiger charge is 2.07. The number of aromatic carboxylic acids is 1. The fraction of sp³-hybridized carbons (Fsp3) is 0. The average Bonchev–Trinajstić information content (AvgIpc) is 2.47. The Morgan fingerprint density at radius 2 is 1.89 bits per heavy atom. The van der Waals surface area contributed by atoms with Gasteiger partial charge in [0.2, 0.25) is 0 Å². The van der Waals surface area contributed by atoms with E-state index in [1.165, 1.54) is 0 Å². The molecule has 0 fully saturated rings. The number of hydrogen-bond acceptors (Lipinski definition) is 2. The van der Waals surface area contributed by atoms with Crippen LogP contribution >= 0.6 is 0 Å². The highest BCUT2D eigenvalue weighted by atomic mass is 16.4. The molecule has 0 saturated heterocycles. The van der Waals surface area contributed by atoms with Gasteiger partial charge < -0.3 is 5.11 Å². The van der Waals surface area contributed by atoms with Gasteiger partial charge in [0.25, 0.3) is 0 Å². The summed E-state index contributed by atoms with van der Waals surface area (Å²) < 4.78 is 0. The number of benzene rings is 2. The molecule has 0 atom stereocenters. The Morgan fingerprint density at radius 3 is 2.74 bits per heavy atom. The van der Waals surface area contributed by atoms with E-state index in [0.717, 1.165) is 21.9 Å². The lowest BCUT2D eigenvalue weighted by molar-refractivity contribution is 0.0697. The van der Waals surface area contributed by atoms with Gasteiger partial charge >= 0.3 is 5.97 Å². The first-order valence-electron chi connectivity index (χ1n) is 5.92. The maximum Gasteiger partial charge on any atom is 0.335 e. The van der Waals surface area contributed by atoms with Crippen LogP contribution < -0.4 is 0 Å². The van der Waals surface area contributed by atoms with Crippen molar-refractivity contribution < 1.29 is 9.90 Å².